The van der Waals surface area contributed by atoms with Crippen molar-refractivity contribution in [2.45, 2.75) is 26.7 Å². The third-order valence-electron chi connectivity index (χ3n) is 2.35. The Balaban J connectivity index is 2.75. The number of hydrogen-bond donors (Lipinski definition) is 2. The van der Waals surface area contributed by atoms with Crippen LogP contribution in [0.3, 0.4) is 0 Å². The van der Waals surface area contributed by atoms with Crippen LogP contribution in [0.4, 0.5) is 0 Å². The Hall–Kier alpha value is -1.71. The molecule has 1 rings (SSSR count). The van der Waals surface area contributed by atoms with Crippen molar-refractivity contribution >= 4 is 5.84 Å². The third kappa shape index (κ3) is 3.15. The number of benzene rings is 1. The predicted octanol–water partition coefficient (Wildman–Crippen LogP) is 2.27. The Bertz CT molecular complexity index is 375. The fourth-order valence-corrected chi connectivity index (χ4v) is 1.40. The van der Waals surface area contributed by atoms with Gasteiger partial charge in [-0.05, 0) is 37.1 Å². The quantitative estimate of drug-likeness (QED) is 0.264. The minimum atomic E-state index is 0.123. The van der Waals surface area contributed by atoms with E-state index in [2.05, 4.69) is 12.1 Å². The number of ether oxygens (including phenoxy) is 1. The van der Waals surface area contributed by atoms with Gasteiger partial charge in [-0.2, -0.15) is 0 Å². The van der Waals surface area contributed by atoms with Gasteiger partial charge in [0.05, 0.1) is 6.61 Å². The van der Waals surface area contributed by atoms with Gasteiger partial charge in [-0.1, -0.05) is 18.5 Å². The molecule has 3 N–H and O–H groups in total. The van der Waals surface area contributed by atoms with Crippen molar-refractivity contribution in [3.63, 3.8) is 0 Å². The van der Waals surface area contributed by atoms with Gasteiger partial charge in [0.15, 0.2) is 5.84 Å². The Morgan fingerprint density at radius 2 is 2.25 bits per heavy atom. The molecule has 0 bridgehead atoms. The van der Waals surface area contributed by atoms with E-state index in [4.69, 9.17) is 15.7 Å². The molecule has 0 atom stereocenters. The van der Waals surface area contributed by atoms with Crippen molar-refractivity contribution in [1.82, 2.24) is 0 Å². The second-order valence-electron chi connectivity index (χ2n) is 3.66. The minimum absolute atomic E-state index is 0.123. The summed E-state index contributed by atoms with van der Waals surface area (Å²) in [6.45, 7) is 4.75. The Kier molecular flexibility index (Phi) is 4.64. The predicted molar refractivity (Wildman–Crippen MR) is 64.1 cm³/mol. The van der Waals surface area contributed by atoms with E-state index in [1.54, 1.807) is 6.07 Å². The van der Waals surface area contributed by atoms with Crippen LogP contribution in [0.1, 0.15) is 30.9 Å². The summed E-state index contributed by atoms with van der Waals surface area (Å²) < 4.78 is 5.55. The summed E-state index contributed by atoms with van der Waals surface area (Å²) in [4.78, 5) is 0. The van der Waals surface area contributed by atoms with E-state index >= 15 is 0 Å². The molecule has 16 heavy (non-hydrogen) atoms. The zero-order valence-electron chi connectivity index (χ0n) is 9.73. The number of rotatable bonds is 5. The van der Waals surface area contributed by atoms with E-state index in [1.807, 2.05) is 19.1 Å². The zero-order chi connectivity index (χ0) is 12.0. The van der Waals surface area contributed by atoms with Gasteiger partial charge < -0.3 is 15.7 Å². The first-order valence-electron chi connectivity index (χ1n) is 5.40. The van der Waals surface area contributed by atoms with Crippen molar-refractivity contribution < 1.29 is 9.94 Å². The molecule has 88 valence electrons. The van der Waals surface area contributed by atoms with E-state index in [0.29, 0.717) is 0 Å². The molecule has 1 aromatic rings. The molecule has 0 aliphatic heterocycles. The van der Waals surface area contributed by atoms with Gasteiger partial charge in [-0.15, -0.1) is 0 Å². The molecular weight excluding hydrogens is 204 g/mol. The van der Waals surface area contributed by atoms with Gasteiger partial charge in [-0.25, -0.2) is 0 Å². The minimum Gasteiger partial charge on any atom is -0.494 e. The number of hydrogen-bond acceptors (Lipinski definition) is 3. The summed E-state index contributed by atoms with van der Waals surface area (Å²) in [7, 11) is 0. The molecule has 0 aliphatic rings. The van der Waals surface area contributed by atoms with Crippen LogP contribution < -0.4 is 10.5 Å². The molecule has 4 nitrogen and oxygen atoms in total. The van der Waals surface area contributed by atoms with E-state index in [1.165, 1.54) is 0 Å². The van der Waals surface area contributed by atoms with Crippen LogP contribution in [0.15, 0.2) is 23.4 Å². The zero-order valence-corrected chi connectivity index (χ0v) is 9.73. The van der Waals surface area contributed by atoms with Gasteiger partial charge in [0.2, 0.25) is 0 Å². The molecule has 1 aromatic carbocycles. The molecule has 4 heteroatoms. The second-order valence-corrected chi connectivity index (χ2v) is 3.66. The maximum atomic E-state index is 8.59. The highest BCUT2D eigenvalue weighted by Gasteiger charge is 2.04. The lowest BCUT2D eigenvalue weighted by Crippen LogP contribution is -2.14. The van der Waals surface area contributed by atoms with Gasteiger partial charge in [0, 0.05) is 5.56 Å². The van der Waals surface area contributed by atoms with Crippen molar-refractivity contribution in [3.05, 3.63) is 29.3 Å². The molecule has 0 saturated heterocycles. The highest BCUT2D eigenvalue weighted by atomic mass is 16.5. The second kappa shape index (κ2) is 6.00. The lowest BCUT2D eigenvalue weighted by molar-refractivity contribution is 0.309. The molecule has 0 fully saturated rings. The summed E-state index contributed by atoms with van der Waals surface area (Å²) in [5.41, 5.74) is 7.19. The van der Waals surface area contributed by atoms with Crippen LogP contribution in [0.5, 0.6) is 5.75 Å². The van der Waals surface area contributed by atoms with Gasteiger partial charge in [-0.3, -0.25) is 0 Å². The van der Waals surface area contributed by atoms with Crippen molar-refractivity contribution in [1.29, 1.82) is 0 Å². The molecule has 0 heterocycles. The first-order valence-corrected chi connectivity index (χ1v) is 5.40. The molecular formula is C12H18N2O2. The number of nitrogens with zero attached hydrogens (tertiary/aromatic N) is 1. The number of oxime groups is 1. The van der Waals surface area contributed by atoms with Crippen LogP contribution in [-0.2, 0) is 0 Å². The maximum absolute atomic E-state index is 8.59. The number of amidine groups is 1. The third-order valence-corrected chi connectivity index (χ3v) is 2.35. The van der Waals surface area contributed by atoms with Crippen molar-refractivity contribution in [2.24, 2.45) is 10.9 Å². The van der Waals surface area contributed by atoms with E-state index in [9.17, 15) is 0 Å². The first-order chi connectivity index (χ1) is 7.69. The van der Waals surface area contributed by atoms with E-state index in [0.717, 1.165) is 36.3 Å². The molecule has 0 aliphatic carbocycles. The fraction of sp³-hybridized carbons (Fsp3) is 0.417. The molecule has 0 saturated carbocycles. The largest absolute Gasteiger partial charge is 0.494 e. The summed E-state index contributed by atoms with van der Waals surface area (Å²) in [6, 6.07) is 5.52. The van der Waals surface area contributed by atoms with Crippen LogP contribution in [0.2, 0.25) is 0 Å². The number of unbranched alkanes of at least 4 members (excludes halogenated alkanes) is 1. The van der Waals surface area contributed by atoms with E-state index < -0.39 is 0 Å². The summed E-state index contributed by atoms with van der Waals surface area (Å²) in [6.07, 6.45) is 2.15. The average Bonchev–Trinajstić information content (AvgIpc) is 2.29. The van der Waals surface area contributed by atoms with Crippen molar-refractivity contribution in [2.75, 3.05) is 6.61 Å². The van der Waals surface area contributed by atoms with Gasteiger partial charge in [0.1, 0.15) is 5.75 Å². The summed E-state index contributed by atoms with van der Waals surface area (Å²) in [5, 5.41) is 11.6. The molecule has 0 amide bonds. The summed E-state index contributed by atoms with van der Waals surface area (Å²) >= 11 is 0. The highest BCUT2D eigenvalue weighted by molar-refractivity contribution is 5.98. The van der Waals surface area contributed by atoms with Crippen molar-refractivity contribution in [3.8, 4) is 5.75 Å². The smallest absolute Gasteiger partial charge is 0.170 e. The van der Waals surface area contributed by atoms with Gasteiger partial charge in [0.25, 0.3) is 0 Å². The first kappa shape index (κ1) is 12.4. The SMILES string of the molecule is CCCCOc1ccc(/C(N)=N/O)c(C)c1. The number of aryl methyl sites for hydroxylation is 1. The molecule has 0 unspecified atom stereocenters. The average molecular weight is 222 g/mol. The van der Waals surface area contributed by atoms with Crippen LogP contribution in [0, 0.1) is 6.92 Å². The van der Waals surface area contributed by atoms with Gasteiger partial charge >= 0.3 is 0 Å². The van der Waals surface area contributed by atoms with E-state index in [-0.39, 0.29) is 5.84 Å². The lowest BCUT2D eigenvalue weighted by atomic mass is 10.1. The Morgan fingerprint density at radius 3 is 2.81 bits per heavy atom. The Labute approximate surface area is 95.7 Å². The standard InChI is InChI=1S/C12H18N2O2/c1-3-4-7-16-10-5-6-11(9(2)8-10)12(13)14-15/h5-6,8,15H,3-4,7H2,1-2H3,(H2,13,14). The lowest BCUT2D eigenvalue weighted by Gasteiger charge is -2.08. The monoisotopic (exact) mass is 222 g/mol. The molecule has 0 aromatic heterocycles. The molecule has 0 radical (unpaired) electrons. The number of nitrogens with two attached hydrogens (primary N) is 1. The normalized spacial score (nSPS) is 11.5. The Morgan fingerprint density at radius 1 is 1.50 bits per heavy atom. The van der Waals surface area contributed by atoms with Crippen LogP contribution in [0.25, 0.3) is 0 Å². The summed E-state index contributed by atoms with van der Waals surface area (Å²) in [5.74, 6) is 0.943. The topological polar surface area (TPSA) is 67.8 Å². The maximum Gasteiger partial charge on any atom is 0.170 e. The fourth-order valence-electron chi connectivity index (χ4n) is 1.40. The van der Waals surface area contributed by atoms with Crippen LogP contribution >= 0.6 is 0 Å². The molecule has 0 spiro atoms. The van der Waals surface area contributed by atoms with Crippen LogP contribution in [-0.4, -0.2) is 17.6 Å². The highest BCUT2D eigenvalue weighted by Crippen LogP contribution is 2.17.